The van der Waals surface area contributed by atoms with E-state index in [0.29, 0.717) is 22.0 Å². The lowest BCUT2D eigenvalue weighted by molar-refractivity contribution is -0.136. The monoisotopic (exact) mass is 447 g/mol. The number of aromatic nitrogens is 2. The van der Waals surface area contributed by atoms with Gasteiger partial charge >= 0.3 is 6.18 Å². The molecule has 0 aliphatic heterocycles. The topological polar surface area (TPSA) is 37.8 Å². The first-order chi connectivity index (χ1) is 14.2. The van der Waals surface area contributed by atoms with Gasteiger partial charge < -0.3 is 5.32 Å². The predicted octanol–water partition coefficient (Wildman–Crippen LogP) is 7.90. The standard InChI is InChI=1S/C22H17ClF3N3S/c1-12(2)13-3-5-14(6-4-13)16-10-30-21-19(16)20(27-11-28-21)29-18-8-7-15(23)9-17(18)22(24,25)26/h3-12H,1-2H3,(H,27,28,29). The van der Waals surface area contributed by atoms with Crippen molar-refractivity contribution in [2.45, 2.75) is 25.9 Å². The van der Waals surface area contributed by atoms with Crippen LogP contribution in [-0.4, -0.2) is 9.97 Å². The molecule has 0 bridgehead atoms. The zero-order valence-electron chi connectivity index (χ0n) is 16.1. The van der Waals surface area contributed by atoms with E-state index < -0.39 is 11.7 Å². The van der Waals surface area contributed by atoms with Crippen molar-refractivity contribution in [3.8, 4) is 11.1 Å². The van der Waals surface area contributed by atoms with Gasteiger partial charge in [0.25, 0.3) is 0 Å². The molecule has 0 unspecified atom stereocenters. The third kappa shape index (κ3) is 4.00. The molecule has 4 aromatic rings. The molecule has 0 atom stereocenters. The quantitative estimate of drug-likeness (QED) is 0.345. The van der Waals surface area contributed by atoms with Crippen LogP contribution < -0.4 is 5.32 Å². The van der Waals surface area contributed by atoms with Crippen molar-refractivity contribution in [2.75, 3.05) is 5.32 Å². The van der Waals surface area contributed by atoms with Crippen LogP contribution in [0.25, 0.3) is 21.3 Å². The van der Waals surface area contributed by atoms with Gasteiger partial charge in [-0.2, -0.15) is 13.2 Å². The summed E-state index contributed by atoms with van der Waals surface area (Å²) in [6.07, 6.45) is -3.21. The number of nitrogens with one attached hydrogen (secondary N) is 1. The average Bonchev–Trinajstić information content (AvgIpc) is 3.14. The Kier molecular flexibility index (Phi) is 5.42. The summed E-state index contributed by atoms with van der Waals surface area (Å²) in [5.74, 6) is 0.724. The molecule has 0 saturated carbocycles. The SMILES string of the molecule is CC(C)c1ccc(-c2csc3ncnc(Nc4ccc(Cl)cc4C(F)(F)F)c23)cc1. The summed E-state index contributed by atoms with van der Waals surface area (Å²) >= 11 is 7.21. The van der Waals surface area contributed by atoms with Gasteiger partial charge in [0.1, 0.15) is 17.0 Å². The minimum Gasteiger partial charge on any atom is -0.339 e. The molecule has 0 aliphatic carbocycles. The molecular formula is C22H17ClF3N3S. The number of fused-ring (bicyclic) bond motifs is 1. The third-order valence-electron chi connectivity index (χ3n) is 4.80. The number of halogens is 4. The molecular weight excluding hydrogens is 431 g/mol. The molecule has 0 amide bonds. The van der Waals surface area contributed by atoms with Crippen molar-refractivity contribution in [3.05, 3.63) is 70.3 Å². The molecule has 0 spiro atoms. The number of nitrogens with zero attached hydrogens (tertiary/aromatic N) is 2. The van der Waals surface area contributed by atoms with E-state index >= 15 is 0 Å². The summed E-state index contributed by atoms with van der Waals surface area (Å²) in [5.41, 5.74) is 2.08. The highest BCUT2D eigenvalue weighted by molar-refractivity contribution is 7.17. The lowest BCUT2D eigenvalue weighted by atomic mass is 9.99. The summed E-state index contributed by atoms with van der Waals surface area (Å²) in [6.45, 7) is 4.24. The fourth-order valence-electron chi connectivity index (χ4n) is 3.22. The van der Waals surface area contributed by atoms with E-state index in [4.69, 9.17) is 11.6 Å². The fraction of sp³-hybridized carbons (Fsp3) is 0.182. The first-order valence-electron chi connectivity index (χ1n) is 9.20. The van der Waals surface area contributed by atoms with Crippen LogP contribution in [0, 0.1) is 0 Å². The van der Waals surface area contributed by atoms with Crippen LogP contribution in [0.3, 0.4) is 0 Å². The van der Waals surface area contributed by atoms with Crippen LogP contribution >= 0.6 is 22.9 Å². The van der Waals surface area contributed by atoms with Crippen LogP contribution in [0.4, 0.5) is 24.7 Å². The Bertz CT molecular complexity index is 1200. The number of thiophene rings is 1. The summed E-state index contributed by atoms with van der Waals surface area (Å²) in [5, 5.41) is 5.50. The lowest BCUT2D eigenvalue weighted by Crippen LogP contribution is -2.09. The molecule has 0 fully saturated rings. The van der Waals surface area contributed by atoms with E-state index in [0.717, 1.165) is 17.2 Å². The van der Waals surface area contributed by atoms with Crippen molar-refractivity contribution in [3.63, 3.8) is 0 Å². The largest absolute Gasteiger partial charge is 0.418 e. The fourth-order valence-corrected chi connectivity index (χ4v) is 4.31. The Balaban J connectivity index is 1.81. The molecule has 3 nitrogen and oxygen atoms in total. The third-order valence-corrected chi connectivity index (χ3v) is 5.92. The normalized spacial score (nSPS) is 12.0. The van der Waals surface area contributed by atoms with Gasteiger partial charge in [0.05, 0.1) is 16.6 Å². The number of benzene rings is 2. The average molecular weight is 448 g/mol. The zero-order valence-corrected chi connectivity index (χ0v) is 17.7. The number of hydrogen-bond donors (Lipinski definition) is 1. The van der Waals surface area contributed by atoms with Crippen LogP contribution in [-0.2, 0) is 6.18 Å². The predicted molar refractivity (Wildman–Crippen MR) is 117 cm³/mol. The second kappa shape index (κ2) is 7.89. The van der Waals surface area contributed by atoms with Gasteiger partial charge in [0.15, 0.2) is 0 Å². The van der Waals surface area contributed by atoms with Crippen molar-refractivity contribution in [1.29, 1.82) is 0 Å². The van der Waals surface area contributed by atoms with Crippen LogP contribution in [0.15, 0.2) is 54.2 Å². The Labute approximate surface area is 180 Å². The first kappa shape index (κ1) is 20.6. The molecule has 0 saturated heterocycles. The van der Waals surface area contributed by atoms with Crippen molar-refractivity contribution >= 4 is 44.7 Å². The van der Waals surface area contributed by atoms with Crippen LogP contribution in [0.1, 0.15) is 30.9 Å². The first-order valence-corrected chi connectivity index (χ1v) is 10.5. The smallest absolute Gasteiger partial charge is 0.339 e. The highest BCUT2D eigenvalue weighted by Crippen LogP contribution is 2.41. The summed E-state index contributed by atoms with van der Waals surface area (Å²) in [4.78, 5) is 9.21. The summed E-state index contributed by atoms with van der Waals surface area (Å²) in [6, 6.07) is 11.8. The minimum absolute atomic E-state index is 0.0159. The van der Waals surface area contributed by atoms with Gasteiger partial charge in [0, 0.05) is 16.0 Å². The number of alkyl halides is 3. The number of hydrogen-bond acceptors (Lipinski definition) is 4. The van der Waals surface area contributed by atoms with Crippen molar-refractivity contribution < 1.29 is 13.2 Å². The molecule has 8 heteroatoms. The van der Waals surface area contributed by atoms with Gasteiger partial charge in [-0.3, -0.25) is 0 Å². The molecule has 1 N–H and O–H groups in total. The maximum absolute atomic E-state index is 13.5. The van der Waals surface area contributed by atoms with Gasteiger partial charge in [0.2, 0.25) is 0 Å². The van der Waals surface area contributed by atoms with E-state index in [-0.39, 0.29) is 10.7 Å². The molecule has 30 heavy (non-hydrogen) atoms. The highest BCUT2D eigenvalue weighted by Gasteiger charge is 2.34. The van der Waals surface area contributed by atoms with Crippen molar-refractivity contribution in [1.82, 2.24) is 9.97 Å². The molecule has 4 rings (SSSR count). The van der Waals surface area contributed by atoms with E-state index in [1.165, 1.54) is 35.4 Å². The van der Waals surface area contributed by atoms with Gasteiger partial charge in [-0.1, -0.05) is 49.7 Å². The molecule has 2 heterocycles. The molecule has 154 valence electrons. The second-order valence-electron chi connectivity index (χ2n) is 7.14. The molecule has 0 aliphatic rings. The Morgan fingerprint density at radius 3 is 2.43 bits per heavy atom. The van der Waals surface area contributed by atoms with Crippen LogP contribution in [0.5, 0.6) is 0 Å². The lowest BCUT2D eigenvalue weighted by Gasteiger charge is -2.15. The summed E-state index contributed by atoms with van der Waals surface area (Å²) < 4.78 is 40.5. The van der Waals surface area contributed by atoms with Gasteiger partial charge in [-0.05, 0) is 35.2 Å². The number of anilines is 2. The summed E-state index contributed by atoms with van der Waals surface area (Å²) in [7, 11) is 0. The van der Waals surface area contributed by atoms with E-state index in [1.54, 1.807) is 0 Å². The Hall–Kier alpha value is -2.64. The number of rotatable bonds is 4. The molecule has 2 aromatic heterocycles. The zero-order chi connectivity index (χ0) is 21.5. The molecule has 0 radical (unpaired) electrons. The minimum atomic E-state index is -4.55. The molecule has 2 aromatic carbocycles. The van der Waals surface area contributed by atoms with Crippen molar-refractivity contribution in [2.24, 2.45) is 0 Å². The maximum Gasteiger partial charge on any atom is 0.418 e. The van der Waals surface area contributed by atoms with Crippen LogP contribution in [0.2, 0.25) is 5.02 Å². The second-order valence-corrected chi connectivity index (χ2v) is 8.44. The van der Waals surface area contributed by atoms with E-state index in [2.05, 4.69) is 41.3 Å². The maximum atomic E-state index is 13.5. The Morgan fingerprint density at radius 1 is 1.03 bits per heavy atom. The van der Waals surface area contributed by atoms with E-state index in [9.17, 15) is 13.2 Å². The van der Waals surface area contributed by atoms with Gasteiger partial charge in [-0.25, -0.2) is 9.97 Å². The Morgan fingerprint density at radius 2 is 1.77 bits per heavy atom. The van der Waals surface area contributed by atoms with Gasteiger partial charge in [-0.15, -0.1) is 11.3 Å². The van der Waals surface area contributed by atoms with E-state index in [1.807, 2.05) is 17.5 Å². The highest BCUT2D eigenvalue weighted by atomic mass is 35.5.